The van der Waals surface area contributed by atoms with Gasteiger partial charge in [0.25, 0.3) is 0 Å². The minimum absolute atomic E-state index is 0.125. The van der Waals surface area contributed by atoms with Crippen LogP contribution in [0.5, 0.6) is 0 Å². The number of ether oxygens (including phenoxy) is 2. The third kappa shape index (κ3) is 2.72. The molecule has 3 saturated heterocycles. The summed E-state index contributed by atoms with van der Waals surface area (Å²) in [5, 5.41) is 0. The van der Waals surface area contributed by atoms with Crippen molar-refractivity contribution in [2.75, 3.05) is 33.7 Å². The van der Waals surface area contributed by atoms with E-state index >= 15 is 0 Å². The van der Waals surface area contributed by atoms with Gasteiger partial charge < -0.3 is 25.0 Å². The highest BCUT2D eigenvalue weighted by Gasteiger charge is 2.77. The van der Waals surface area contributed by atoms with Gasteiger partial charge in [-0.15, -0.1) is 0 Å². The van der Waals surface area contributed by atoms with Gasteiger partial charge >= 0.3 is 6.09 Å². The highest BCUT2D eigenvalue weighted by molar-refractivity contribution is 5.86. The van der Waals surface area contributed by atoms with Gasteiger partial charge in [-0.2, -0.15) is 0 Å². The van der Waals surface area contributed by atoms with Gasteiger partial charge in [-0.1, -0.05) is 0 Å². The van der Waals surface area contributed by atoms with Crippen molar-refractivity contribution >= 4 is 12.0 Å². The Morgan fingerprint density at radius 2 is 1.76 bits per heavy atom. The predicted molar refractivity (Wildman–Crippen MR) is 93.0 cm³/mol. The molecule has 4 rings (SSSR count). The first kappa shape index (κ1) is 18.5. The first-order chi connectivity index (χ1) is 11.5. The second kappa shape index (κ2) is 5.58. The maximum atomic E-state index is 12.9. The number of nitrogens with zero attached hydrogens (tertiary/aromatic N) is 2. The molecule has 1 spiro atoms. The van der Waals surface area contributed by atoms with Crippen LogP contribution in [0.1, 0.15) is 46.5 Å². The van der Waals surface area contributed by atoms with Crippen molar-refractivity contribution in [2.45, 2.75) is 63.3 Å². The third-order valence-electron chi connectivity index (χ3n) is 5.94. The molecule has 0 radical (unpaired) electrons. The Bertz CT molecular complexity index is 567. The summed E-state index contributed by atoms with van der Waals surface area (Å²) in [6.07, 6.45) is 2.38. The van der Waals surface area contributed by atoms with Gasteiger partial charge in [0, 0.05) is 33.7 Å². The van der Waals surface area contributed by atoms with Crippen molar-refractivity contribution in [3.63, 3.8) is 0 Å². The number of hydrogen-bond donors (Lipinski definition) is 1. The van der Waals surface area contributed by atoms with Crippen molar-refractivity contribution in [3.8, 4) is 0 Å². The lowest BCUT2D eigenvalue weighted by Crippen LogP contribution is -2.61. The lowest BCUT2D eigenvalue weighted by Gasteiger charge is -2.49. The third-order valence-corrected chi connectivity index (χ3v) is 5.94. The van der Waals surface area contributed by atoms with E-state index in [9.17, 15) is 9.59 Å². The molecule has 2 N–H and O–H groups in total. The Kier molecular flexibility index (Phi) is 4.12. The molecule has 0 aromatic rings. The molecule has 1 saturated carbocycles. The molecule has 0 aromatic heterocycles. The molecule has 0 unspecified atom stereocenters. The quantitative estimate of drug-likeness (QED) is 0.810. The van der Waals surface area contributed by atoms with Crippen LogP contribution in [0.3, 0.4) is 0 Å². The predicted octanol–water partition coefficient (Wildman–Crippen LogP) is 1.35. The Morgan fingerprint density at radius 3 is 2.20 bits per heavy atom. The molecule has 3 aliphatic heterocycles. The van der Waals surface area contributed by atoms with E-state index in [0.717, 1.165) is 0 Å². The monoisotopic (exact) mass is 353 g/mol. The molecule has 3 heterocycles. The minimum Gasteiger partial charge on any atom is -0.444 e. The van der Waals surface area contributed by atoms with E-state index in [-0.39, 0.29) is 17.6 Å². The number of hydrogen-bond acceptors (Lipinski definition) is 5. The van der Waals surface area contributed by atoms with E-state index in [1.807, 2.05) is 20.8 Å². The zero-order valence-electron chi connectivity index (χ0n) is 16.1. The molecule has 0 aromatic carbocycles. The summed E-state index contributed by atoms with van der Waals surface area (Å²) in [5.41, 5.74) is 4.07. The van der Waals surface area contributed by atoms with Crippen molar-refractivity contribution < 1.29 is 19.1 Å². The fraction of sp³-hybridized carbons (Fsp3) is 0.889. The molecule has 4 fully saturated rings. The van der Waals surface area contributed by atoms with Crippen molar-refractivity contribution in [1.29, 1.82) is 0 Å². The van der Waals surface area contributed by atoms with E-state index in [0.29, 0.717) is 45.3 Å². The highest BCUT2D eigenvalue weighted by atomic mass is 16.6. The van der Waals surface area contributed by atoms with Crippen molar-refractivity contribution in [2.24, 2.45) is 11.1 Å². The maximum Gasteiger partial charge on any atom is 0.410 e. The van der Waals surface area contributed by atoms with Gasteiger partial charge in [0.1, 0.15) is 5.60 Å². The molecule has 25 heavy (non-hydrogen) atoms. The number of nitrogens with two attached hydrogens (primary N) is 1. The van der Waals surface area contributed by atoms with Crippen LogP contribution in [0, 0.1) is 5.41 Å². The molecule has 7 nitrogen and oxygen atoms in total. The van der Waals surface area contributed by atoms with Gasteiger partial charge in [-0.05, 0) is 46.5 Å². The molecule has 0 atom stereocenters. The van der Waals surface area contributed by atoms with Crippen LogP contribution in [0.15, 0.2) is 0 Å². The molecule has 142 valence electrons. The van der Waals surface area contributed by atoms with Crippen LogP contribution in [0.2, 0.25) is 0 Å². The Morgan fingerprint density at radius 1 is 1.20 bits per heavy atom. The van der Waals surface area contributed by atoms with Crippen molar-refractivity contribution in [1.82, 2.24) is 9.80 Å². The molecule has 1 aliphatic carbocycles. The molecule has 4 aliphatic rings. The van der Waals surface area contributed by atoms with Crippen LogP contribution < -0.4 is 5.73 Å². The lowest BCUT2D eigenvalue weighted by molar-refractivity contribution is -0.151. The smallest absolute Gasteiger partial charge is 0.410 e. The number of piperidine rings is 1. The Balaban J connectivity index is 1.75. The Hall–Kier alpha value is -1.34. The number of rotatable bonds is 2. The summed E-state index contributed by atoms with van der Waals surface area (Å²) in [5.74, 6) is 0.125. The van der Waals surface area contributed by atoms with Gasteiger partial charge in [-0.25, -0.2) is 4.79 Å². The zero-order valence-corrected chi connectivity index (χ0v) is 16.1. The molecule has 2 amide bonds. The van der Waals surface area contributed by atoms with Crippen LogP contribution in [0.4, 0.5) is 4.79 Å². The topological polar surface area (TPSA) is 85.1 Å². The maximum absolute atomic E-state index is 12.9. The average molecular weight is 353 g/mol. The van der Waals surface area contributed by atoms with Gasteiger partial charge in [0.15, 0.2) is 0 Å². The number of carbonyl (C=O) groups excluding carboxylic acids is 2. The van der Waals surface area contributed by atoms with Gasteiger partial charge in [-0.3, -0.25) is 4.79 Å². The Labute approximate surface area is 149 Å². The van der Waals surface area contributed by atoms with E-state index < -0.39 is 16.6 Å². The number of amides is 2. The van der Waals surface area contributed by atoms with Gasteiger partial charge in [0.2, 0.25) is 5.91 Å². The van der Waals surface area contributed by atoms with Crippen molar-refractivity contribution in [3.05, 3.63) is 0 Å². The van der Waals surface area contributed by atoms with E-state index in [1.54, 1.807) is 23.9 Å². The largest absolute Gasteiger partial charge is 0.444 e. The standard InChI is InChI=1S/C18H31N3O4/c1-15(2,3)24-14(23)21-8-6-18(7-9-21)17(13(22)20(4)5)10-16(11-17,12-19)25-18/h6-12,19H2,1-5H3. The average Bonchev–Trinajstić information content (AvgIpc) is 2.90. The minimum atomic E-state index is -0.511. The van der Waals surface area contributed by atoms with Crippen LogP contribution >= 0.6 is 0 Å². The van der Waals surface area contributed by atoms with Crippen LogP contribution in [-0.2, 0) is 14.3 Å². The normalized spacial score (nSPS) is 33.1. The lowest BCUT2D eigenvalue weighted by atomic mass is 9.53. The van der Waals surface area contributed by atoms with E-state index in [4.69, 9.17) is 15.2 Å². The summed E-state index contributed by atoms with van der Waals surface area (Å²) in [6, 6.07) is 0. The van der Waals surface area contributed by atoms with E-state index in [2.05, 4.69) is 0 Å². The van der Waals surface area contributed by atoms with Crippen LogP contribution in [0.25, 0.3) is 0 Å². The molecular formula is C18H31N3O4. The highest BCUT2D eigenvalue weighted by Crippen LogP contribution is 2.69. The summed E-state index contributed by atoms with van der Waals surface area (Å²) in [4.78, 5) is 28.6. The first-order valence-electron chi connectivity index (χ1n) is 9.08. The fourth-order valence-corrected chi connectivity index (χ4v) is 4.87. The molecular weight excluding hydrogens is 322 g/mol. The second-order valence-corrected chi connectivity index (χ2v) is 9.09. The summed E-state index contributed by atoms with van der Waals surface area (Å²) < 4.78 is 11.9. The summed E-state index contributed by atoms with van der Waals surface area (Å²) in [6.45, 7) is 7.10. The summed E-state index contributed by atoms with van der Waals surface area (Å²) in [7, 11) is 3.59. The van der Waals surface area contributed by atoms with Crippen LogP contribution in [-0.4, -0.2) is 72.3 Å². The number of likely N-dealkylation sites (tertiary alicyclic amines) is 1. The second-order valence-electron chi connectivity index (χ2n) is 9.09. The SMILES string of the molecule is CN(C)C(=O)C12CC(CN)(C1)OC21CCN(C(=O)OC(C)(C)C)CC1. The zero-order chi connectivity index (χ0) is 18.7. The summed E-state index contributed by atoms with van der Waals surface area (Å²) >= 11 is 0. The molecule has 7 heteroatoms. The number of carbonyl (C=O) groups is 2. The first-order valence-corrected chi connectivity index (χ1v) is 9.08. The van der Waals surface area contributed by atoms with Gasteiger partial charge in [0.05, 0.1) is 16.6 Å². The molecule has 2 bridgehead atoms. The fourth-order valence-electron chi connectivity index (χ4n) is 4.87. The van der Waals surface area contributed by atoms with E-state index in [1.165, 1.54) is 0 Å².